The van der Waals surface area contributed by atoms with Crippen LogP contribution >= 0.6 is 0 Å². The van der Waals surface area contributed by atoms with Crippen molar-refractivity contribution in [2.24, 2.45) is 5.92 Å². The van der Waals surface area contributed by atoms with Crippen LogP contribution in [0.25, 0.3) is 0 Å². The Balaban J connectivity index is 1.52. The van der Waals surface area contributed by atoms with Gasteiger partial charge >= 0.3 is 0 Å². The Morgan fingerprint density at radius 3 is 2.65 bits per heavy atom. The molecule has 0 unspecified atom stereocenters. The van der Waals surface area contributed by atoms with Crippen LogP contribution in [0.1, 0.15) is 44.0 Å². The van der Waals surface area contributed by atoms with Crippen molar-refractivity contribution in [3.63, 3.8) is 0 Å². The maximum absolute atomic E-state index is 13.8. The summed E-state index contributed by atoms with van der Waals surface area (Å²) in [5.41, 5.74) is 0.808. The van der Waals surface area contributed by atoms with E-state index >= 15 is 0 Å². The second-order valence-corrected chi connectivity index (χ2v) is 6.90. The molecule has 0 radical (unpaired) electrons. The fraction of sp³-hybridized carbons (Fsp3) is 0.526. The summed E-state index contributed by atoms with van der Waals surface area (Å²) < 4.78 is 16.1. The molecule has 1 fully saturated rings. The molecule has 3 nitrogen and oxygen atoms in total. The lowest BCUT2D eigenvalue weighted by Gasteiger charge is -2.32. The highest BCUT2D eigenvalue weighted by atomic mass is 19.1. The maximum atomic E-state index is 13.8. The number of hydrogen-bond acceptors (Lipinski definition) is 2. The van der Waals surface area contributed by atoms with Crippen LogP contribution in [-0.4, -0.2) is 27.5 Å². The van der Waals surface area contributed by atoms with Crippen LogP contribution in [0, 0.1) is 11.7 Å². The summed E-state index contributed by atoms with van der Waals surface area (Å²) in [5.74, 6) is 2.25. The molecule has 1 aromatic heterocycles. The predicted octanol–water partition coefficient (Wildman–Crippen LogP) is 4.06. The number of benzene rings is 1. The molecule has 0 saturated carbocycles. The van der Waals surface area contributed by atoms with Crippen LogP contribution in [0.2, 0.25) is 0 Å². The molecule has 2 heterocycles. The molecule has 0 bridgehead atoms. The van der Waals surface area contributed by atoms with Gasteiger partial charge in [-0.05, 0) is 37.9 Å². The van der Waals surface area contributed by atoms with Crippen molar-refractivity contribution in [1.29, 1.82) is 0 Å². The van der Waals surface area contributed by atoms with Gasteiger partial charge in [-0.2, -0.15) is 0 Å². The minimum atomic E-state index is -0.0883. The Labute approximate surface area is 138 Å². The van der Waals surface area contributed by atoms with Gasteiger partial charge < -0.3 is 4.57 Å². The molecule has 1 saturated heterocycles. The average Bonchev–Trinajstić information content (AvgIpc) is 3.00. The molecule has 0 aliphatic carbocycles. The van der Waals surface area contributed by atoms with Crippen LogP contribution in [-0.2, 0) is 13.1 Å². The van der Waals surface area contributed by atoms with Crippen molar-refractivity contribution < 1.29 is 4.39 Å². The highest BCUT2D eigenvalue weighted by Crippen LogP contribution is 2.23. The molecule has 1 aromatic carbocycles. The molecular formula is C19H26FN3. The van der Waals surface area contributed by atoms with Gasteiger partial charge in [-0.25, -0.2) is 9.37 Å². The standard InChI is InChI=1S/C19H26FN3/c1-15(2)19-21-9-12-23(19)13-16-7-10-22(11-8-16)14-17-5-3-4-6-18(17)20/h3-6,9,12,15-16H,7-8,10-11,13-14H2,1-2H3. The van der Waals surface area contributed by atoms with Gasteiger partial charge in [-0.15, -0.1) is 0 Å². The Hall–Kier alpha value is -1.68. The molecule has 0 atom stereocenters. The van der Waals surface area contributed by atoms with Crippen molar-refractivity contribution in [2.75, 3.05) is 13.1 Å². The summed E-state index contributed by atoms with van der Waals surface area (Å²) >= 11 is 0. The molecule has 0 N–H and O–H groups in total. The third kappa shape index (κ3) is 3.99. The number of likely N-dealkylation sites (tertiary alicyclic amines) is 1. The summed E-state index contributed by atoms with van der Waals surface area (Å²) in [6.45, 7) is 8.25. The van der Waals surface area contributed by atoms with Crippen LogP contribution in [0.5, 0.6) is 0 Å². The molecule has 1 aliphatic rings. The third-order valence-corrected chi connectivity index (χ3v) is 4.78. The van der Waals surface area contributed by atoms with Gasteiger partial charge in [0.05, 0.1) is 0 Å². The van der Waals surface area contributed by atoms with E-state index < -0.39 is 0 Å². The molecule has 0 amide bonds. The fourth-order valence-electron chi connectivity index (χ4n) is 3.45. The van der Waals surface area contributed by atoms with Crippen molar-refractivity contribution in [3.05, 3.63) is 53.9 Å². The Bertz CT molecular complexity index is 627. The summed E-state index contributed by atoms with van der Waals surface area (Å²) in [7, 11) is 0. The normalized spacial score (nSPS) is 17.0. The molecule has 0 spiro atoms. The Morgan fingerprint density at radius 2 is 1.96 bits per heavy atom. The molecule has 1 aliphatic heterocycles. The van der Waals surface area contributed by atoms with Gasteiger partial charge in [0.25, 0.3) is 0 Å². The van der Waals surface area contributed by atoms with Crippen molar-refractivity contribution in [1.82, 2.24) is 14.5 Å². The average molecular weight is 315 g/mol. The first-order chi connectivity index (χ1) is 11.1. The van der Waals surface area contributed by atoms with Crippen LogP contribution in [0.15, 0.2) is 36.7 Å². The van der Waals surface area contributed by atoms with Gasteiger partial charge in [-0.1, -0.05) is 32.0 Å². The zero-order valence-electron chi connectivity index (χ0n) is 14.1. The smallest absolute Gasteiger partial charge is 0.127 e. The van der Waals surface area contributed by atoms with E-state index in [0.717, 1.165) is 31.7 Å². The number of halogens is 1. The molecule has 124 valence electrons. The van der Waals surface area contributed by atoms with E-state index in [1.54, 1.807) is 12.1 Å². The van der Waals surface area contributed by atoms with Crippen molar-refractivity contribution >= 4 is 0 Å². The highest BCUT2D eigenvalue weighted by molar-refractivity contribution is 5.17. The van der Waals surface area contributed by atoms with Gasteiger partial charge in [0.15, 0.2) is 0 Å². The lowest BCUT2D eigenvalue weighted by Crippen LogP contribution is -2.34. The minimum Gasteiger partial charge on any atom is -0.334 e. The SMILES string of the molecule is CC(C)c1nccn1CC1CCN(Cc2ccccc2F)CC1. The van der Waals surface area contributed by atoms with E-state index in [9.17, 15) is 4.39 Å². The van der Waals surface area contributed by atoms with E-state index in [1.165, 1.54) is 18.7 Å². The number of hydrogen-bond donors (Lipinski definition) is 0. The molecule has 3 rings (SSSR count). The van der Waals surface area contributed by atoms with Gasteiger partial charge in [0.1, 0.15) is 11.6 Å². The first-order valence-electron chi connectivity index (χ1n) is 8.60. The van der Waals surface area contributed by atoms with E-state index in [1.807, 2.05) is 18.3 Å². The monoisotopic (exact) mass is 315 g/mol. The number of nitrogens with zero attached hydrogens (tertiary/aromatic N) is 3. The van der Waals surface area contributed by atoms with Crippen LogP contribution in [0.3, 0.4) is 0 Å². The summed E-state index contributed by atoms with van der Waals surface area (Å²) in [4.78, 5) is 6.84. The summed E-state index contributed by atoms with van der Waals surface area (Å²) in [5, 5.41) is 0. The fourth-order valence-corrected chi connectivity index (χ4v) is 3.45. The van der Waals surface area contributed by atoms with E-state index in [4.69, 9.17) is 0 Å². The van der Waals surface area contributed by atoms with E-state index in [2.05, 4.69) is 34.5 Å². The van der Waals surface area contributed by atoms with Crippen LogP contribution < -0.4 is 0 Å². The number of imidazole rings is 1. The predicted molar refractivity (Wildman–Crippen MR) is 90.7 cm³/mol. The lowest BCUT2D eigenvalue weighted by atomic mass is 9.96. The Morgan fingerprint density at radius 1 is 1.22 bits per heavy atom. The molecule has 2 aromatic rings. The second kappa shape index (κ2) is 7.26. The molecular weight excluding hydrogens is 289 g/mol. The largest absolute Gasteiger partial charge is 0.334 e. The summed E-state index contributed by atoms with van der Waals surface area (Å²) in [6, 6.07) is 7.11. The molecule has 23 heavy (non-hydrogen) atoms. The second-order valence-electron chi connectivity index (χ2n) is 6.90. The molecule has 4 heteroatoms. The maximum Gasteiger partial charge on any atom is 0.127 e. The third-order valence-electron chi connectivity index (χ3n) is 4.78. The van der Waals surface area contributed by atoms with Crippen molar-refractivity contribution in [3.8, 4) is 0 Å². The zero-order valence-corrected chi connectivity index (χ0v) is 14.1. The van der Waals surface area contributed by atoms with Crippen molar-refractivity contribution in [2.45, 2.75) is 45.7 Å². The van der Waals surface area contributed by atoms with E-state index in [0.29, 0.717) is 11.8 Å². The topological polar surface area (TPSA) is 21.1 Å². The Kier molecular flexibility index (Phi) is 5.11. The zero-order chi connectivity index (χ0) is 16.2. The van der Waals surface area contributed by atoms with Gasteiger partial charge in [0.2, 0.25) is 0 Å². The van der Waals surface area contributed by atoms with Gasteiger partial charge in [0, 0.05) is 37.0 Å². The lowest BCUT2D eigenvalue weighted by molar-refractivity contribution is 0.165. The minimum absolute atomic E-state index is 0.0883. The number of rotatable bonds is 5. The number of piperidine rings is 1. The number of aromatic nitrogens is 2. The first-order valence-corrected chi connectivity index (χ1v) is 8.60. The first kappa shape index (κ1) is 16.2. The van der Waals surface area contributed by atoms with Crippen LogP contribution in [0.4, 0.5) is 4.39 Å². The van der Waals surface area contributed by atoms with Gasteiger partial charge in [-0.3, -0.25) is 4.90 Å². The highest BCUT2D eigenvalue weighted by Gasteiger charge is 2.21. The van der Waals surface area contributed by atoms with E-state index in [-0.39, 0.29) is 5.82 Å². The quantitative estimate of drug-likeness (QED) is 0.830. The summed E-state index contributed by atoms with van der Waals surface area (Å²) in [6.07, 6.45) is 6.35.